The molecule has 1 saturated heterocycles. The van der Waals surface area contributed by atoms with Crippen LogP contribution in [0.25, 0.3) is 0 Å². The van der Waals surface area contributed by atoms with Crippen molar-refractivity contribution in [2.45, 2.75) is 43.6 Å². The third kappa shape index (κ3) is 1.99. The molecule has 1 aliphatic heterocycles. The fourth-order valence-electron chi connectivity index (χ4n) is 3.81. The van der Waals surface area contributed by atoms with E-state index >= 15 is 0 Å². The minimum atomic E-state index is -0.929. The highest BCUT2D eigenvalue weighted by Crippen LogP contribution is 2.42. The maximum absolute atomic E-state index is 10.8. The van der Waals surface area contributed by atoms with Crippen molar-refractivity contribution in [2.24, 2.45) is 7.05 Å². The molecular formula is C16H20N6O. The van der Waals surface area contributed by atoms with Crippen molar-refractivity contribution >= 4 is 5.82 Å². The van der Waals surface area contributed by atoms with Gasteiger partial charge in [0.25, 0.3) is 0 Å². The lowest BCUT2D eigenvalue weighted by molar-refractivity contribution is -0.00479. The highest BCUT2D eigenvalue weighted by Gasteiger charge is 2.48. The molecule has 2 aromatic rings. The highest BCUT2D eigenvalue weighted by molar-refractivity contribution is 5.55. The summed E-state index contributed by atoms with van der Waals surface area (Å²) in [6.45, 7) is 1.04. The highest BCUT2D eigenvalue weighted by atomic mass is 16.3. The zero-order valence-electron chi connectivity index (χ0n) is 13.2. The van der Waals surface area contributed by atoms with Crippen LogP contribution in [-0.2, 0) is 25.5 Å². The molecule has 0 bridgehead atoms. The van der Waals surface area contributed by atoms with Gasteiger partial charge in [-0.3, -0.25) is 4.68 Å². The van der Waals surface area contributed by atoms with Gasteiger partial charge in [0, 0.05) is 24.2 Å². The molecule has 0 aromatic carbocycles. The molecule has 0 amide bonds. The van der Waals surface area contributed by atoms with Gasteiger partial charge >= 0.3 is 0 Å². The van der Waals surface area contributed by atoms with Crippen LogP contribution in [0, 0.1) is 0 Å². The number of rotatable bonds is 3. The van der Waals surface area contributed by atoms with Crippen LogP contribution < -0.4 is 4.90 Å². The van der Waals surface area contributed by atoms with E-state index in [0.29, 0.717) is 24.8 Å². The van der Waals surface area contributed by atoms with Gasteiger partial charge in [0.05, 0.1) is 13.1 Å². The van der Waals surface area contributed by atoms with Gasteiger partial charge in [-0.2, -0.15) is 5.10 Å². The summed E-state index contributed by atoms with van der Waals surface area (Å²) in [5.41, 5.74) is 1.59. The molecule has 2 aliphatic carbocycles. The first-order valence-electron chi connectivity index (χ1n) is 8.35. The quantitative estimate of drug-likeness (QED) is 0.898. The van der Waals surface area contributed by atoms with E-state index < -0.39 is 5.60 Å². The van der Waals surface area contributed by atoms with Gasteiger partial charge in [-0.1, -0.05) is 0 Å². The zero-order valence-corrected chi connectivity index (χ0v) is 13.2. The van der Waals surface area contributed by atoms with Crippen LogP contribution in [0.15, 0.2) is 6.33 Å². The van der Waals surface area contributed by atoms with Gasteiger partial charge in [-0.05, 0) is 32.1 Å². The second kappa shape index (κ2) is 4.50. The van der Waals surface area contributed by atoms with Crippen molar-refractivity contribution in [1.82, 2.24) is 24.7 Å². The molecule has 0 unspecified atom stereocenters. The topological polar surface area (TPSA) is 80.0 Å². The molecule has 120 valence electrons. The molecule has 7 nitrogen and oxygen atoms in total. The second-order valence-corrected chi connectivity index (χ2v) is 7.05. The van der Waals surface area contributed by atoms with Crippen molar-refractivity contribution in [2.75, 3.05) is 18.0 Å². The van der Waals surface area contributed by atoms with E-state index in [1.807, 2.05) is 7.05 Å². The maximum atomic E-state index is 10.8. The van der Waals surface area contributed by atoms with Crippen LogP contribution in [0.1, 0.15) is 48.1 Å². The van der Waals surface area contributed by atoms with E-state index in [1.165, 1.54) is 30.4 Å². The van der Waals surface area contributed by atoms with Crippen molar-refractivity contribution in [3.05, 3.63) is 29.2 Å². The fourth-order valence-corrected chi connectivity index (χ4v) is 3.81. The third-order valence-electron chi connectivity index (χ3n) is 5.20. The van der Waals surface area contributed by atoms with Crippen LogP contribution >= 0.6 is 0 Å². The Kier molecular flexibility index (Phi) is 2.63. The lowest BCUT2D eigenvalue weighted by Crippen LogP contribution is -2.61. The predicted octanol–water partition coefficient (Wildman–Crippen LogP) is 0.679. The van der Waals surface area contributed by atoms with Crippen LogP contribution in [-0.4, -0.2) is 42.9 Å². The Hall–Kier alpha value is -2.02. The molecule has 0 spiro atoms. The van der Waals surface area contributed by atoms with Gasteiger partial charge < -0.3 is 10.0 Å². The summed E-state index contributed by atoms with van der Waals surface area (Å²) in [5.74, 6) is 3.23. The molecule has 1 N–H and O–H groups in total. The zero-order chi connectivity index (χ0) is 15.6. The van der Waals surface area contributed by atoms with Crippen LogP contribution in [0.2, 0.25) is 0 Å². The van der Waals surface area contributed by atoms with E-state index in [0.717, 1.165) is 30.9 Å². The third-order valence-corrected chi connectivity index (χ3v) is 5.20. The Labute approximate surface area is 134 Å². The Balaban J connectivity index is 1.47. The summed E-state index contributed by atoms with van der Waals surface area (Å²) in [7, 11) is 1.82. The summed E-state index contributed by atoms with van der Waals surface area (Å²) in [5, 5.41) is 14.9. The first-order valence-corrected chi connectivity index (χ1v) is 8.35. The molecule has 5 rings (SSSR count). The average molecular weight is 312 g/mol. The van der Waals surface area contributed by atoms with Crippen LogP contribution in [0.4, 0.5) is 5.82 Å². The fraction of sp³-hybridized carbons (Fsp3) is 0.625. The summed E-state index contributed by atoms with van der Waals surface area (Å²) in [4.78, 5) is 16.0. The molecule has 23 heavy (non-hydrogen) atoms. The van der Waals surface area contributed by atoms with Gasteiger partial charge in [-0.15, -0.1) is 0 Å². The SMILES string of the molecule is Cn1ncnc1C1(O)CN(c2nc(C3CC3)nc3c2CCC3)C1. The standard InChI is InChI=1S/C16H20N6O/c1-21-15(17-9-18-21)16(23)7-22(8-16)14-11-3-2-4-12(11)19-13(20-14)10-5-6-10/h9-10,23H,2-8H2,1H3. The first kappa shape index (κ1) is 13.4. The van der Waals surface area contributed by atoms with E-state index in [9.17, 15) is 5.11 Å². The number of hydrogen-bond donors (Lipinski definition) is 1. The Bertz CT molecular complexity index is 775. The summed E-state index contributed by atoms with van der Waals surface area (Å²) in [6, 6.07) is 0. The molecule has 1 saturated carbocycles. The van der Waals surface area contributed by atoms with E-state index in [4.69, 9.17) is 9.97 Å². The number of hydrogen-bond acceptors (Lipinski definition) is 6. The van der Waals surface area contributed by atoms with E-state index in [-0.39, 0.29) is 0 Å². The molecule has 2 fully saturated rings. The van der Waals surface area contributed by atoms with Crippen molar-refractivity contribution in [3.8, 4) is 0 Å². The smallest absolute Gasteiger partial charge is 0.162 e. The first-order chi connectivity index (χ1) is 11.1. The van der Waals surface area contributed by atoms with Gasteiger partial charge in [0.2, 0.25) is 0 Å². The number of aryl methyl sites for hydroxylation is 2. The molecule has 0 atom stereocenters. The number of anilines is 1. The largest absolute Gasteiger partial charge is 0.378 e. The predicted molar refractivity (Wildman–Crippen MR) is 83.1 cm³/mol. The van der Waals surface area contributed by atoms with Gasteiger partial charge in [0.15, 0.2) is 11.4 Å². The molecule has 0 radical (unpaired) electrons. The molecular weight excluding hydrogens is 292 g/mol. The second-order valence-electron chi connectivity index (χ2n) is 7.05. The minimum Gasteiger partial charge on any atom is -0.378 e. The monoisotopic (exact) mass is 312 g/mol. The average Bonchev–Trinajstić information content (AvgIpc) is 3.09. The number of aromatic nitrogens is 5. The summed E-state index contributed by atoms with van der Waals surface area (Å²) >= 11 is 0. The molecule has 7 heteroatoms. The Morgan fingerprint density at radius 1 is 1.22 bits per heavy atom. The van der Waals surface area contributed by atoms with Gasteiger partial charge in [-0.25, -0.2) is 15.0 Å². The minimum absolute atomic E-state index is 0.521. The number of nitrogens with zero attached hydrogens (tertiary/aromatic N) is 6. The molecule has 3 heterocycles. The lowest BCUT2D eigenvalue weighted by atomic mass is 9.92. The lowest BCUT2D eigenvalue weighted by Gasteiger charge is -2.46. The van der Waals surface area contributed by atoms with Crippen molar-refractivity contribution in [3.63, 3.8) is 0 Å². The molecule has 2 aromatic heterocycles. The number of fused-ring (bicyclic) bond motifs is 1. The van der Waals surface area contributed by atoms with Gasteiger partial charge in [0.1, 0.15) is 18.0 Å². The van der Waals surface area contributed by atoms with Crippen LogP contribution in [0.3, 0.4) is 0 Å². The van der Waals surface area contributed by atoms with Crippen molar-refractivity contribution in [1.29, 1.82) is 0 Å². The number of aliphatic hydroxyl groups is 1. The number of β-amino-alcohol motifs (C(OH)–C–C–N with tert-alkyl or cyclic N) is 1. The maximum Gasteiger partial charge on any atom is 0.162 e. The van der Waals surface area contributed by atoms with Crippen LogP contribution in [0.5, 0.6) is 0 Å². The Morgan fingerprint density at radius 3 is 2.74 bits per heavy atom. The normalized spacial score (nSPS) is 22.1. The van der Waals surface area contributed by atoms with E-state index in [2.05, 4.69) is 15.0 Å². The summed E-state index contributed by atoms with van der Waals surface area (Å²) in [6.07, 6.45) is 7.18. The Morgan fingerprint density at radius 2 is 2.04 bits per heavy atom. The van der Waals surface area contributed by atoms with Crippen molar-refractivity contribution < 1.29 is 5.11 Å². The molecule has 3 aliphatic rings. The van der Waals surface area contributed by atoms with E-state index in [1.54, 1.807) is 4.68 Å². The summed E-state index contributed by atoms with van der Waals surface area (Å²) < 4.78 is 1.65.